The third-order valence-electron chi connectivity index (χ3n) is 5.12. The highest BCUT2D eigenvalue weighted by atomic mass is 16.5. The molecule has 0 N–H and O–H groups in total. The largest absolute Gasteiger partial charge is 0.501 e. The molecule has 4 nitrogen and oxygen atoms in total. The van der Waals surface area contributed by atoms with Gasteiger partial charge in [-0.15, -0.1) is 0 Å². The summed E-state index contributed by atoms with van der Waals surface area (Å²) < 4.78 is 5.19. The maximum absolute atomic E-state index is 12.5. The predicted octanol–water partition coefficient (Wildman–Crippen LogP) is 6.18. The number of aromatic nitrogens is 2. The van der Waals surface area contributed by atoms with Gasteiger partial charge in [0.1, 0.15) is 0 Å². The van der Waals surface area contributed by atoms with E-state index in [1.807, 2.05) is 62.4 Å². The number of benzene rings is 1. The number of pyridine rings is 2. The Labute approximate surface area is 177 Å². The molecule has 30 heavy (non-hydrogen) atoms. The van der Waals surface area contributed by atoms with Crippen molar-refractivity contribution in [2.24, 2.45) is 0 Å². The van der Waals surface area contributed by atoms with Crippen molar-refractivity contribution in [3.63, 3.8) is 0 Å². The Hall–Kier alpha value is -3.53. The predicted molar refractivity (Wildman–Crippen MR) is 123 cm³/mol. The lowest BCUT2D eigenvalue weighted by atomic mass is 9.93. The number of carbonyl (C=O) groups excluding carboxylic acids is 1. The van der Waals surface area contributed by atoms with Crippen LogP contribution in [0.25, 0.3) is 27.7 Å². The monoisotopic (exact) mass is 398 g/mol. The zero-order chi connectivity index (χ0) is 21.7. The van der Waals surface area contributed by atoms with Crippen molar-refractivity contribution in [1.82, 2.24) is 9.97 Å². The molecule has 0 unspecified atom stereocenters. The first-order valence-corrected chi connectivity index (χ1v) is 9.93. The maximum atomic E-state index is 12.5. The summed E-state index contributed by atoms with van der Waals surface area (Å²) in [4.78, 5) is 21.5. The van der Waals surface area contributed by atoms with Crippen molar-refractivity contribution in [3.05, 3.63) is 90.0 Å². The van der Waals surface area contributed by atoms with E-state index < -0.39 is 0 Å². The van der Waals surface area contributed by atoms with Crippen LogP contribution in [0.1, 0.15) is 42.3 Å². The molecule has 2 aromatic heterocycles. The van der Waals surface area contributed by atoms with Gasteiger partial charge in [-0.05, 0) is 49.1 Å². The van der Waals surface area contributed by atoms with Gasteiger partial charge in [0.2, 0.25) is 0 Å². The van der Waals surface area contributed by atoms with Crippen molar-refractivity contribution < 1.29 is 9.53 Å². The number of hydrogen-bond donors (Lipinski definition) is 0. The first kappa shape index (κ1) is 21.2. The second-order valence-corrected chi connectivity index (χ2v) is 7.00. The summed E-state index contributed by atoms with van der Waals surface area (Å²) in [5, 5.41) is 0.805. The molecule has 0 aliphatic rings. The normalized spacial score (nSPS) is 12.1. The van der Waals surface area contributed by atoms with E-state index in [1.165, 1.54) is 0 Å². The first-order chi connectivity index (χ1) is 14.5. The van der Waals surface area contributed by atoms with E-state index in [-0.39, 0.29) is 5.78 Å². The number of ether oxygens (including phenoxy) is 1. The molecule has 0 atom stereocenters. The number of nitrogens with zero attached hydrogens (tertiary/aromatic N) is 2. The third-order valence-corrected chi connectivity index (χ3v) is 5.12. The molecule has 2 heterocycles. The molecule has 1 aromatic carbocycles. The molecule has 152 valence electrons. The number of allylic oxidation sites excluding steroid dienone is 5. The number of ketones is 1. The topological polar surface area (TPSA) is 52.1 Å². The molecular weight excluding hydrogens is 372 g/mol. The molecule has 4 heteroatoms. The SMILES string of the molecule is C=C/C(=C\C=C(/C)OC)c1ccc(-c2nc3ccncc3c(C(C)=O)c2CC)cc1. The van der Waals surface area contributed by atoms with Crippen LogP contribution in [0.3, 0.4) is 0 Å². The Morgan fingerprint density at radius 1 is 1.13 bits per heavy atom. The van der Waals surface area contributed by atoms with E-state index in [2.05, 4.69) is 11.6 Å². The minimum absolute atomic E-state index is 0.0299. The van der Waals surface area contributed by atoms with E-state index in [4.69, 9.17) is 9.72 Å². The molecule has 0 spiro atoms. The molecule has 0 amide bonds. The molecule has 0 aliphatic carbocycles. The van der Waals surface area contributed by atoms with Crippen molar-refractivity contribution in [2.75, 3.05) is 7.11 Å². The zero-order valence-electron chi connectivity index (χ0n) is 17.9. The van der Waals surface area contributed by atoms with E-state index in [9.17, 15) is 4.79 Å². The fourth-order valence-corrected chi connectivity index (χ4v) is 3.51. The van der Waals surface area contributed by atoms with E-state index in [1.54, 1.807) is 26.4 Å². The summed E-state index contributed by atoms with van der Waals surface area (Å²) in [6, 6.07) is 10.0. The average molecular weight is 399 g/mol. The number of carbonyl (C=O) groups is 1. The van der Waals surface area contributed by atoms with Crippen LogP contribution in [0.15, 0.2) is 73.3 Å². The Morgan fingerprint density at radius 2 is 1.87 bits per heavy atom. The summed E-state index contributed by atoms with van der Waals surface area (Å²) >= 11 is 0. The highest BCUT2D eigenvalue weighted by Crippen LogP contribution is 2.31. The minimum Gasteiger partial charge on any atom is -0.501 e. The fraction of sp³-hybridized carbons (Fsp3) is 0.192. The van der Waals surface area contributed by atoms with Crippen LogP contribution in [-0.4, -0.2) is 22.9 Å². The van der Waals surface area contributed by atoms with Gasteiger partial charge in [0.05, 0.1) is 24.1 Å². The van der Waals surface area contributed by atoms with Crippen molar-refractivity contribution in [1.29, 1.82) is 0 Å². The molecule has 0 bridgehead atoms. The Morgan fingerprint density at radius 3 is 2.47 bits per heavy atom. The van der Waals surface area contributed by atoms with Crippen LogP contribution in [0.2, 0.25) is 0 Å². The van der Waals surface area contributed by atoms with Gasteiger partial charge in [-0.1, -0.05) is 49.9 Å². The van der Waals surface area contributed by atoms with Gasteiger partial charge in [-0.3, -0.25) is 9.78 Å². The molecule has 3 aromatic rings. The van der Waals surface area contributed by atoms with Crippen LogP contribution >= 0.6 is 0 Å². The lowest BCUT2D eigenvalue weighted by Crippen LogP contribution is -2.05. The Bertz CT molecular complexity index is 1160. The molecule has 0 aliphatic heterocycles. The quantitative estimate of drug-likeness (QED) is 0.271. The fourth-order valence-electron chi connectivity index (χ4n) is 3.51. The maximum Gasteiger partial charge on any atom is 0.160 e. The van der Waals surface area contributed by atoms with Crippen LogP contribution in [0.4, 0.5) is 0 Å². The smallest absolute Gasteiger partial charge is 0.160 e. The summed E-state index contributed by atoms with van der Waals surface area (Å²) in [7, 11) is 1.65. The average Bonchev–Trinajstić information content (AvgIpc) is 2.78. The van der Waals surface area contributed by atoms with Crippen molar-refractivity contribution in [3.8, 4) is 11.3 Å². The number of hydrogen-bond acceptors (Lipinski definition) is 4. The van der Waals surface area contributed by atoms with Gasteiger partial charge in [0.25, 0.3) is 0 Å². The standard InChI is InChI=1S/C26H26N2O2/c1-6-19(9-8-17(3)30-5)20-10-12-21(13-11-20)26-22(7-2)25(18(4)29)23-16-27-15-14-24(23)28-26/h6,8-16H,1,7H2,2-5H3/b17-8+,19-9+. The molecular formula is C26H26N2O2. The van der Waals surface area contributed by atoms with Crippen LogP contribution in [0.5, 0.6) is 0 Å². The highest BCUT2D eigenvalue weighted by molar-refractivity contribution is 6.08. The van der Waals surface area contributed by atoms with E-state index >= 15 is 0 Å². The van der Waals surface area contributed by atoms with Crippen LogP contribution in [-0.2, 0) is 11.2 Å². The van der Waals surface area contributed by atoms with Gasteiger partial charge in [0, 0.05) is 28.9 Å². The first-order valence-electron chi connectivity index (χ1n) is 9.93. The zero-order valence-corrected chi connectivity index (χ0v) is 17.9. The van der Waals surface area contributed by atoms with E-state index in [0.717, 1.165) is 44.6 Å². The molecule has 3 rings (SSSR count). The number of fused-ring (bicyclic) bond motifs is 1. The van der Waals surface area contributed by atoms with Crippen LogP contribution < -0.4 is 0 Å². The lowest BCUT2D eigenvalue weighted by molar-refractivity contribution is 0.101. The van der Waals surface area contributed by atoms with Gasteiger partial charge in [0.15, 0.2) is 5.78 Å². The summed E-state index contributed by atoms with van der Waals surface area (Å²) in [5.41, 5.74) is 6.30. The summed E-state index contributed by atoms with van der Waals surface area (Å²) in [6.45, 7) is 9.47. The third kappa shape index (κ3) is 4.23. The van der Waals surface area contributed by atoms with Gasteiger partial charge in [-0.25, -0.2) is 4.98 Å². The Balaban J connectivity index is 2.13. The molecule has 0 saturated carbocycles. The van der Waals surface area contributed by atoms with E-state index in [0.29, 0.717) is 12.0 Å². The number of Topliss-reactive ketones (excluding diaryl/α,β-unsaturated/α-hetero) is 1. The van der Waals surface area contributed by atoms with Gasteiger partial charge in [-0.2, -0.15) is 0 Å². The number of rotatable bonds is 7. The molecule has 0 radical (unpaired) electrons. The van der Waals surface area contributed by atoms with Gasteiger partial charge >= 0.3 is 0 Å². The minimum atomic E-state index is 0.0299. The second-order valence-electron chi connectivity index (χ2n) is 7.00. The second kappa shape index (κ2) is 9.31. The van der Waals surface area contributed by atoms with Crippen LogP contribution in [0, 0.1) is 0 Å². The molecule has 0 saturated heterocycles. The number of methoxy groups -OCH3 is 1. The Kier molecular flexibility index (Phi) is 6.58. The van der Waals surface area contributed by atoms with Gasteiger partial charge < -0.3 is 4.74 Å². The summed E-state index contributed by atoms with van der Waals surface area (Å²) in [6.07, 6.45) is 9.85. The van der Waals surface area contributed by atoms with Crippen molar-refractivity contribution >= 4 is 22.3 Å². The van der Waals surface area contributed by atoms with Crippen molar-refractivity contribution in [2.45, 2.75) is 27.2 Å². The summed E-state index contributed by atoms with van der Waals surface area (Å²) in [5.74, 6) is 0.854. The lowest BCUT2D eigenvalue weighted by Gasteiger charge is -2.15. The molecule has 0 fully saturated rings. The highest BCUT2D eigenvalue weighted by Gasteiger charge is 2.18.